The molecule has 1 heterocycles. The number of nitrogens with zero attached hydrogens (tertiary/aromatic N) is 1. The molecule has 0 spiro atoms. The molecule has 0 aromatic heterocycles. The third-order valence-corrected chi connectivity index (χ3v) is 8.13. The second-order valence-electron chi connectivity index (χ2n) is 6.05. The zero-order valence-electron chi connectivity index (χ0n) is 12.1. The Morgan fingerprint density at radius 2 is 1.57 bits per heavy atom. The lowest BCUT2D eigenvalue weighted by Crippen LogP contribution is -3.00. The summed E-state index contributed by atoms with van der Waals surface area (Å²) in [5, 5.41) is 6.57. The fourth-order valence-electron chi connectivity index (χ4n) is 2.75. The Morgan fingerprint density at radius 1 is 1.10 bits per heavy atom. The molecule has 0 aromatic rings. The Hall–Kier alpha value is 0.510. The molecule has 0 saturated carbocycles. The van der Waals surface area contributed by atoms with Gasteiger partial charge in [-0.05, 0) is 19.3 Å². The van der Waals surface area contributed by atoms with Crippen LogP contribution in [0.3, 0.4) is 0 Å². The van der Waals surface area contributed by atoms with E-state index in [9.17, 15) is 14.2 Å². The van der Waals surface area contributed by atoms with Gasteiger partial charge in [0, 0.05) is 12.8 Å². The number of likely N-dealkylation sites (tertiary alicyclic amines) is 1. The maximum absolute atomic E-state index is 11.3. The van der Waals surface area contributed by atoms with Gasteiger partial charge in [0.05, 0.1) is 26.7 Å². The molecule has 128 valence electrons. The Labute approximate surface area is 130 Å². The van der Waals surface area contributed by atoms with E-state index in [0.29, 0.717) is 4.48 Å². The quantitative estimate of drug-likeness (QED) is 0.265. The molecule has 8 nitrogen and oxygen atoms in total. The largest absolute Gasteiger partial charge is 1.00 e. The third kappa shape index (κ3) is 4.74. The third-order valence-electron chi connectivity index (χ3n) is 4.26. The minimum atomic E-state index is -5.33. The van der Waals surface area contributed by atoms with Crippen molar-refractivity contribution in [3.8, 4) is 0 Å². The molecule has 1 aliphatic rings. The molecule has 1 saturated heterocycles. The normalized spacial score (nSPS) is 23.5. The molecule has 1 aliphatic heterocycles. The summed E-state index contributed by atoms with van der Waals surface area (Å²) in [7, 11) is -6.73. The number of quaternary nitrogens is 1. The van der Waals surface area contributed by atoms with Crippen LogP contribution in [-0.2, 0) is 9.13 Å². The van der Waals surface area contributed by atoms with Crippen LogP contribution in [-0.4, -0.2) is 60.9 Å². The molecule has 5 N–H and O–H groups in total. The number of hydrogen-bond acceptors (Lipinski definition) is 3. The van der Waals surface area contributed by atoms with Crippen molar-refractivity contribution in [2.75, 3.05) is 20.6 Å². The van der Waals surface area contributed by atoms with Crippen LogP contribution in [0.5, 0.6) is 0 Å². The van der Waals surface area contributed by atoms with Gasteiger partial charge in [-0.3, -0.25) is 9.13 Å². The molecule has 0 radical (unpaired) electrons. The van der Waals surface area contributed by atoms with Gasteiger partial charge >= 0.3 is 15.2 Å². The van der Waals surface area contributed by atoms with Crippen LogP contribution < -0.4 is 12.4 Å². The molecular formula is C10H24ClNO7P2. The number of hydrogen-bond donors (Lipinski definition) is 5. The van der Waals surface area contributed by atoms with E-state index in [4.69, 9.17) is 19.6 Å². The van der Waals surface area contributed by atoms with Gasteiger partial charge < -0.3 is 41.6 Å². The number of rotatable bonds is 5. The van der Waals surface area contributed by atoms with Crippen molar-refractivity contribution in [1.29, 1.82) is 0 Å². The Bertz CT molecular complexity index is 425. The van der Waals surface area contributed by atoms with Crippen LogP contribution in [0.2, 0.25) is 0 Å². The van der Waals surface area contributed by atoms with Crippen LogP contribution in [0.1, 0.15) is 32.1 Å². The summed E-state index contributed by atoms with van der Waals surface area (Å²) in [5.41, 5.74) is 0. The standard InChI is InChI=1S/C10H23NO7P2.ClH/c1-11(2)8-4-3-5-9(11)6-7-10(12,19(13,14)15)20(16,17)18;/h9,12H,3-8H2,1-2H3,(H3-,13,14,15,16,17,18);1H. The molecule has 0 aliphatic carbocycles. The average Bonchev–Trinajstić information content (AvgIpc) is 2.23. The van der Waals surface area contributed by atoms with Crippen LogP contribution in [0.4, 0.5) is 0 Å². The summed E-state index contributed by atoms with van der Waals surface area (Å²) >= 11 is 0. The highest BCUT2D eigenvalue weighted by Crippen LogP contribution is 2.69. The van der Waals surface area contributed by atoms with Crippen molar-refractivity contribution in [3.05, 3.63) is 0 Å². The van der Waals surface area contributed by atoms with E-state index in [0.717, 1.165) is 25.8 Å². The molecule has 11 heteroatoms. The Kier molecular flexibility index (Phi) is 7.12. The first-order chi connectivity index (χ1) is 8.81. The predicted octanol–water partition coefficient (Wildman–Crippen LogP) is -2.60. The average molecular weight is 368 g/mol. The lowest BCUT2D eigenvalue weighted by Gasteiger charge is -2.42. The first-order valence-electron chi connectivity index (χ1n) is 6.47. The summed E-state index contributed by atoms with van der Waals surface area (Å²) in [4.78, 5) is 36.4. The topological polar surface area (TPSA) is 135 Å². The lowest BCUT2D eigenvalue weighted by atomic mass is 9.96. The molecular weight excluding hydrogens is 344 g/mol. The fraction of sp³-hybridized carbons (Fsp3) is 1.00. The molecule has 1 unspecified atom stereocenters. The van der Waals surface area contributed by atoms with Gasteiger partial charge in [-0.25, -0.2) is 0 Å². The van der Waals surface area contributed by atoms with Crippen LogP contribution >= 0.6 is 15.2 Å². The zero-order chi connectivity index (χ0) is 15.8. The first-order valence-corrected chi connectivity index (χ1v) is 9.70. The maximum atomic E-state index is 11.3. The van der Waals surface area contributed by atoms with Crippen LogP contribution in [0.25, 0.3) is 0 Å². The smallest absolute Gasteiger partial charge is 0.369 e. The van der Waals surface area contributed by atoms with E-state index in [1.54, 1.807) is 0 Å². The van der Waals surface area contributed by atoms with E-state index in [2.05, 4.69) is 0 Å². The van der Waals surface area contributed by atoms with E-state index >= 15 is 0 Å². The van der Waals surface area contributed by atoms with Gasteiger partial charge in [-0.1, -0.05) is 0 Å². The van der Waals surface area contributed by atoms with Crippen molar-refractivity contribution in [1.82, 2.24) is 0 Å². The summed E-state index contributed by atoms with van der Waals surface area (Å²) in [6, 6.07) is 0.0216. The van der Waals surface area contributed by atoms with E-state index in [1.807, 2.05) is 14.1 Å². The van der Waals surface area contributed by atoms with E-state index in [-0.39, 0.29) is 24.9 Å². The SMILES string of the molecule is C[N+]1(C)CCCCC1CCC(O)(P(=O)(O)O)P(=O)(O)O.[Cl-]. The maximum Gasteiger partial charge on any atom is 0.369 e. The molecule has 1 rings (SSSR count). The highest BCUT2D eigenvalue weighted by atomic mass is 35.5. The second-order valence-corrected chi connectivity index (χ2v) is 10.1. The van der Waals surface area contributed by atoms with E-state index in [1.165, 1.54) is 0 Å². The van der Waals surface area contributed by atoms with Gasteiger partial charge in [0.15, 0.2) is 0 Å². The predicted molar refractivity (Wildman–Crippen MR) is 72.9 cm³/mol. The van der Waals surface area contributed by atoms with Gasteiger partial charge in [0.1, 0.15) is 0 Å². The minimum absolute atomic E-state index is 0. The van der Waals surface area contributed by atoms with Crippen molar-refractivity contribution in [2.24, 2.45) is 0 Å². The summed E-state index contributed by atoms with van der Waals surface area (Å²) in [6.45, 7) is 0.898. The fourth-order valence-corrected chi connectivity index (χ4v) is 4.94. The van der Waals surface area contributed by atoms with Gasteiger partial charge in [0.25, 0.3) is 5.08 Å². The van der Waals surface area contributed by atoms with Gasteiger partial charge in [0.2, 0.25) is 0 Å². The second kappa shape index (κ2) is 6.95. The number of halogens is 1. The molecule has 0 aromatic carbocycles. The summed E-state index contributed by atoms with van der Waals surface area (Å²) < 4.78 is 23.2. The molecule has 21 heavy (non-hydrogen) atoms. The van der Waals surface area contributed by atoms with Crippen molar-refractivity contribution in [2.45, 2.75) is 43.2 Å². The molecule has 1 atom stereocenters. The highest BCUT2D eigenvalue weighted by molar-refractivity contribution is 7.72. The number of piperidine rings is 1. The van der Waals surface area contributed by atoms with Crippen LogP contribution in [0.15, 0.2) is 0 Å². The van der Waals surface area contributed by atoms with E-state index < -0.39 is 26.7 Å². The first kappa shape index (κ1) is 21.5. The molecule has 1 fully saturated rings. The molecule has 0 amide bonds. The van der Waals surface area contributed by atoms with Gasteiger partial charge in [-0.15, -0.1) is 0 Å². The molecule has 0 bridgehead atoms. The Morgan fingerprint density at radius 3 is 1.95 bits per heavy atom. The highest BCUT2D eigenvalue weighted by Gasteiger charge is 2.59. The zero-order valence-corrected chi connectivity index (χ0v) is 14.6. The summed E-state index contributed by atoms with van der Waals surface area (Å²) in [5.74, 6) is 0. The van der Waals surface area contributed by atoms with Crippen molar-refractivity contribution in [3.63, 3.8) is 0 Å². The minimum Gasteiger partial charge on any atom is -1.00 e. The van der Waals surface area contributed by atoms with Crippen molar-refractivity contribution < 1.29 is 50.7 Å². The lowest BCUT2D eigenvalue weighted by molar-refractivity contribution is -0.920. The number of aliphatic hydroxyl groups is 1. The van der Waals surface area contributed by atoms with Gasteiger partial charge in [-0.2, -0.15) is 0 Å². The van der Waals surface area contributed by atoms with Crippen molar-refractivity contribution >= 4 is 15.2 Å². The Balaban J connectivity index is 0.00000400. The van der Waals surface area contributed by atoms with Crippen LogP contribution in [0, 0.1) is 0 Å². The monoisotopic (exact) mass is 367 g/mol. The summed E-state index contributed by atoms with van der Waals surface area (Å²) in [6.07, 6.45) is 2.36.